The molecule has 0 saturated heterocycles. The van der Waals surface area contributed by atoms with Crippen LogP contribution in [0.15, 0.2) is 35.4 Å². The summed E-state index contributed by atoms with van der Waals surface area (Å²) in [5.41, 5.74) is 4.07. The molecule has 0 fully saturated rings. The molecule has 0 aliphatic rings. The Labute approximate surface area is 140 Å². The van der Waals surface area contributed by atoms with E-state index >= 15 is 0 Å². The first kappa shape index (κ1) is 19.3. The van der Waals surface area contributed by atoms with E-state index in [4.69, 9.17) is 5.11 Å². The number of aryl methyl sites for hydroxylation is 1. The average molecular weight is 318 g/mol. The van der Waals surface area contributed by atoms with Gasteiger partial charge in [0, 0.05) is 12.2 Å². The van der Waals surface area contributed by atoms with E-state index < -0.39 is 0 Å². The number of aliphatic hydroxyl groups excluding tert-OH is 1. The molecule has 0 radical (unpaired) electrons. The van der Waals surface area contributed by atoms with Crippen molar-refractivity contribution in [3.05, 3.63) is 46.6 Å². The van der Waals surface area contributed by atoms with E-state index in [0.29, 0.717) is 12.0 Å². The summed E-state index contributed by atoms with van der Waals surface area (Å²) in [6, 6.07) is 3.44. The van der Waals surface area contributed by atoms with Gasteiger partial charge in [0.25, 0.3) is 0 Å². The zero-order valence-electron chi connectivity index (χ0n) is 14.6. The SMILES string of the molecule is CC(C)=CCCC(C)=CCc1c(O)cc(CCCCO)cc1O. The predicted molar refractivity (Wildman–Crippen MR) is 95.9 cm³/mol. The molecule has 3 nitrogen and oxygen atoms in total. The van der Waals surface area contributed by atoms with Crippen molar-refractivity contribution in [3.8, 4) is 11.5 Å². The Bertz CT molecular complexity index is 529. The first-order chi connectivity index (χ1) is 10.9. The van der Waals surface area contributed by atoms with E-state index in [2.05, 4.69) is 32.9 Å². The third-order valence-electron chi connectivity index (χ3n) is 3.88. The van der Waals surface area contributed by atoms with Gasteiger partial charge in [0.1, 0.15) is 11.5 Å². The summed E-state index contributed by atoms with van der Waals surface area (Å²) >= 11 is 0. The Kier molecular flexibility index (Phi) is 8.49. The molecule has 0 amide bonds. The minimum Gasteiger partial charge on any atom is -0.508 e. The Morgan fingerprint density at radius 3 is 2.22 bits per heavy atom. The maximum atomic E-state index is 10.1. The van der Waals surface area contributed by atoms with Crippen molar-refractivity contribution in [1.29, 1.82) is 0 Å². The summed E-state index contributed by atoms with van der Waals surface area (Å²) in [4.78, 5) is 0. The van der Waals surface area contributed by atoms with Crippen LogP contribution in [0.3, 0.4) is 0 Å². The molecule has 23 heavy (non-hydrogen) atoms. The van der Waals surface area contributed by atoms with Gasteiger partial charge in [0.05, 0.1) is 0 Å². The smallest absolute Gasteiger partial charge is 0.123 e. The summed E-state index contributed by atoms with van der Waals surface area (Å²) in [5.74, 6) is 0.301. The minimum atomic E-state index is 0.150. The number of phenolic OH excluding ortho intramolecular Hbond substituents is 2. The van der Waals surface area contributed by atoms with Crippen molar-refractivity contribution >= 4 is 0 Å². The van der Waals surface area contributed by atoms with Gasteiger partial charge in [-0.05, 0) is 77.0 Å². The van der Waals surface area contributed by atoms with Gasteiger partial charge in [0.2, 0.25) is 0 Å². The quantitative estimate of drug-likeness (QED) is 0.459. The summed E-state index contributed by atoms with van der Waals surface area (Å²) in [5, 5.41) is 29.1. The molecule has 0 aromatic heterocycles. The number of phenols is 2. The number of benzene rings is 1. The molecule has 3 heteroatoms. The molecule has 1 rings (SSSR count). The number of unbranched alkanes of at least 4 members (excludes halogenated alkanes) is 1. The first-order valence-corrected chi connectivity index (χ1v) is 8.37. The number of hydrogen-bond acceptors (Lipinski definition) is 3. The fraction of sp³-hybridized carbons (Fsp3) is 0.500. The summed E-state index contributed by atoms with van der Waals surface area (Å²) in [6.45, 7) is 6.44. The van der Waals surface area contributed by atoms with Gasteiger partial charge in [-0.25, -0.2) is 0 Å². The monoisotopic (exact) mass is 318 g/mol. The van der Waals surface area contributed by atoms with Crippen LogP contribution in [0, 0.1) is 0 Å². The number of allylic oxidation sites excluding steroid dienone is 4. The molecule has 3 N–H and O–H groups in total. The Hall–Kier alpha value is -1.74. The lowest BCUT2D eigenvalue weighted by atomic mass is 10.0. The molecule has 0 heterocycles. The highest BCUT2D eigenvalue weighted by atomic mass is 16.3. The third kappa shape index (κ3) is 7.38. The Balaban J connectivity index is 2.67. The van der Waals surface area contributed by atoms with Crippen LogP contribution in [0.5, 0.6) is 11.5 Å². The Morgan fingerprint density at radius 2 is 1.65 bits per heavy atom. The van der Waals surface area contributed by atoms with Crippen LogP contribution in [-0.4, -0.2) is 21.9 Å². The van der Waals surface area contributed by atoms with Gasteiger partial charge in [-0.3, -0.25) is 0 Å². The highest BCUT2D eigenvalue weighted by Gasteiger charge is 2.09. The largest absolute Gasteiger partial charge is 0.508 e. The van der Waals surface area contributed by atoms with Crippen LogP contribution >= 0.6 is 0 Å². The molecule has 1 aromatic rings. The lowest BCUT2D eigenvalue weighted by molar-refractivity contribution is 0.284. The molecular formula is C20H30O3. The molecule has 1 aromatic carbocycles. The number of aromatic hydroxyl groups is 2. The molecule has 0 aliphatic carbocycles. The minimum absolute atomic E-state index is 0.150. The number of hydrogen-bond donors (Lipinski definition) is 3. The van der Waals surface area contributed by atoms with Crippen molar-refractivity contribution < 1.29 is 15.3 Å². The van der Waals surface area contributed by atoms with Crippen LogP contribution in [0.1, 0.15) is 57.6 Å². The Morgan fingerprint density at radius 1 is 1.00 bits per heavy atom. The molecule has 0 saturated carbocycles. The topological polar surface area (TPSA) is 60.7 Å². The lowest BCUT2D eigenvalue weighted by Gasteiger charge is -2.09. The van der Waals surface area contributed by atoms with E-state index in [1.54, 1.807) is 12.1 Å². The lowest BCUT2D eigenvalue weighted by Crippen LogP contribution is -1.92. The average Bonchev–Trinajstić information content (AvgIpc) is 2.46. The van der Waals surface area contributed by atoms with Crippen LogP contribution in [-0.2, 0) is 12.8 Å². The maximum absolute atomic E-state index is 10.1. The van der Waals surface area contributed by atoms with Crippen LogP contribution in [0.2, 0.25) is 0 Å². The zero-order chi connectivity index (χ0) is 17.2. The molecular weight excluding hydrogens is 288 g/mol. The molecule has 0 bridgehead atoms. The highest BCUT2D eigenvalue weighted by molar-refractivity contribution is 5.47. The summed E-state index contributed by atoms with van der Waals surface area (Å²) in [7, 11) is 0. The van der Waals surface area contributed by atoms with Gasteiger partial charge in [-0.1, -0.05) is 23.3 Å². The fourth-order valence-electron chi connectivity index (χ4n) is 2.46. The van der Waals surface area contributed by atoms with Crippen molar-refractivity contribution in [3.63, 3.8) is 0 Å². The van der Waals surface area contributed by atoms with Gasteiger partial charge in [-0.2, -0.15) is 0 Å². The number of rotatable bonds is 9. The van der Waals surface area contributed by atoms with Crippen LogP contribution < -0.4 is 0 Å². The third-order valence-corrected chi connectivity index (χ3v) is 3.88. The summed E-state index contributed by atoms with van der Waals surface area (Å²) < 4.78 is 0. The molecule has 128 valence electrons. The second kappa shape index (κ2) is 10.1. The van der Waals surface area contributed by atoms with Gasteiger partial charge >= 0.3 is 0 Å². The van der Waals surface area contributed by atoms with Crippen LogP contribution in [0.25, 0.3) is 0 Å². The normalized spacial score (nSPS) is 11.6. The molecule has 0 unspecified atom stereocenters. The van der Waals surface area contributed by atoms with E-state index in [9.17, 15) is 10.2 Å². The molecule has 0 spiro atoms. The molecule has 0 aliphatic heterocycles. The van der Waals surface area contributed by atoms with Crippen molar-refractivity contribution in [2.75, 3.05) is 6.61 Å². The van der Waals surface area contributed by atoms with Crippen molar-refractivity contribution in [1.82, 2.24) is 0 Å². The van der Waals surface area contributed by atoms with E-state index in [1.165, 1.54) is 11.1 Å². The zero-order valence-corrected chi connectivity index (χ0v) is 14.6. The maximum Gasteiger partial charge on any atom is 0.123 e. The highest BCUT2D eigenvalue weighted by Crippen LogP contribution is 2.30. The van der Waals surface area contributed by atoms with Gasteiger partial charge in [0.15, 0.2) is 0 Å². The van der Waals surface area contributed by atoms with E-state index in [1.807, 2.05) is 0 Å². The second-order valence-electron chi connectivity index (χ2n) is 6.37. The molecule has 0 atom stereocenters. The fourth-order valence-corrected chi connectivity index (χ4v) is 2.46. The van der Waals surface area contributed by atoms with Gasteiger partial charge in [-0.15, -0.1) is 0 Å². The van der Waals surface area contributed by atoms with Crippen LogP contribution in [0.4, 0.5) is 0 Å². The second-order valence-corrected chi connectivity index (χ2v) is 6.37. The van der Waals surface area contributed by atoms with Crippen molar-refractivity contribution in [2.45, 2.75) is 59.3 Å². The number of aliphatic hydroxyl groups is 1. The summed E-state index contributed by atoms with van der Waals surface area (Å²) in [6.07, 6.45) is 9.16. The van der Waals surface area contributed by atoms with Crippen molar-refractivity contribution in [2.24, 2.45) is 0 Å². The standard InChI is InChI=1S/C20H30O3/c1-15(2)7-6-8-16(3)10-11-18-19(22)13-17(14-20(18)23)9-4-5-12-21/h7,10,13-14,21-23H,4-6,8-9,11-12H2,1-3H3. The first-order valence-electron chi connectivity index (χ1n) is 8.37. The van der Waals surface area contributed by atoms with E-state index in [0.717, 1.165) is 37.7 Å². The predicted octanol–water partition coefficient (Wildman–Crippen LogP) is 4.65. The van der Waals surface area contributed by atoms with E-state index in [-0.39, 0.29) is 18.1 Å². The van der Waals surface area contributed by atoms with Gasteiger partial charge < -0.3 is 15.3 Å².